The second kappa shape index (κ2) is 10.00. The number of nitrogens with one attached hydrogen (secondary N) is 1. The van der Waals surface area contributed by atoms with Crippen LogP contribution in [0.1, 0.15) is 75.8 Å². The number of fused-ring (bicyclic) bond motifs is 1. The molecule has 2 aliphatic heterocycles. The molecular formula is C26H38N2O2. The smallest absolute Gasteiger partial charge is 0.244 e. The Kier molecular flexibility index (Phi) is 7.14. The number of carbonyl (C=O) groups excluding carboxylic acids is 1. The molecule has 1 saturated heterocycles. The van der Waals surface area contributed by atoms with Gasteiger partial charge in [0.15, 0.2) is 0 Å². The van der Waals surface area contributed by atoms with Crippen LogP contribution < -0.4 is 10.1 Å². The van der Waals surface area contributed by atoms with Crippen molar-refractivity contribution in [3.8, 4) is 5.75 Å². The highest BCUT2D eigenvalue weighted by molar-refractivity contribution is 5.88. The Bertz CT molecular complexity index is 752. The van der Waals surface area contributed by atoms with Crippen molar-refractivity contribution in [3.05, 3.63) is 41.0 Å². The number of piperidine rings is 1. The van der Waals surface area contributed by atoms with E-state index in [1.807, 2.05) is 13.8 Å². The number of hydrogen-bond donors (Lipinski definition) is 1. The van der Waals surface area contributed by atoms with E-state index in [9.17, 15) is 4.79 Å². The molecule has 2 heterocycles. The number of allylic oxidation sites excluding steroid dienone is 1. The van der Waals surface area contributed by atoms with Gasteiger partial charge in [0.25, 0.3) is 0 Å². The summed E-state index contributed by atoms with van der Waals surface area (Å²) in [7, 11) is 0. The van der Waals surface area contributed by atoms with Crippen molar-refractivity contribution in [2.75, 3.05) is 26.2 Å². The highest BCUT2D eigenvalue weighted by Gasteiger charge is 2.27. The fourth-order valence-corrected chi connectivity index (χ4v) is 5.56. The summed E-state index contributed by atoms with van der Waals surface area (Å²) in [5.41, 5.74) is 4.09. The van der Waals surface area contributed by atoms with Crippen LogP contribution in [-0.4, -0.2) is 43.1 Å². The first-order valence-electron chi connectivity index (χ1n) is 12.0. The van der Waals surface area contributed by atoms with Gasteiger partial charge in [-0.3, -0.25) is 4.79 Å². The summed E-state index contributed by atoms with van der Waals surface area (Å²) in [6.07, 6.45) is 11.5. The van der Waals surface area contributed by atoms with Gasteiger partial charge in [0.05, 0.1) is 6.61 Å². The second-order valence-corrected chi connectivity index (χ2v) is 9.77. The summed E-state index contributed by atoms with van der Waals surface area (Å²) in [5.74, 6) is 2.74. The van der Waals surface area contributed by atoms with E-state index >= 15 is 0 Å². The summed E-state index contributed by atoms with van der Waals surface area (Å²) in [6, 6.07) is 7.01. The molecule has 3 aliphatic rings. The molecule has 1 amide bonds. The van der Waals surface area contributed by atoms with Crippen LogP contribution in [0.4, 0.5) is 0 Å². The monoisotopic (exact) mass is 410 g/mol. The zero-order valence-electron chi connectivity index (χ0n) is 18.8. The molecule has 164 valence electrons. The molecule has 0 radical (unpaired) electrons. The Labute approximate surface area is 182 Å². The van der Waals surface area contributed by atoms with Crippen LogP contribution in [0.3, 0.4) is 0 Å². The summed E-state index contributed by atoms with van der Waals surface area (Å²) < 4.78 is 5.77. The van der Waals surface area contributed by atoms with E-state index in [0.717, 1.165) is 43.1 Å². The maximum Gasteiger partial charge on any atom is 0.244 e. The predicted molar refractivity (Wildman–Crippen MR) is 122 cm³/mol. The molecule has 0 bridgehead atoms. The Hall–Kier alpha value is -1.81. The van der Waals surface area contributed by atoms with Crippen LogP contribution in [0, 0.1) is 5.92 Å². The first-order valence-corrected chi connectivity index (χ1v) is 12.0. The van der Waals surface area contributed by atoms with Crippen molar-refractivity contribution in [1.29, 1.82) is 0 Å². The first-order chi connectivity index (χ1) is 14.6. The maximum absolute atomic E-state index is 11.9. The fraction of sp³-hybridized carbons (Fsp3) is 0.654. The largest absolute Gasteiger partial charge is 0.493 e. The van der Waals surface area contributed by atoms with Gasteiger partial charge in [-0.15, -0.1) is 0 Å². The first kappa shape index (κ1) is 21.4. The molecule has 4 nitrogen and oxygen atoms in total. The quantitative estimate of drug-likeness (QED) is 0.683. The lowest BCUT2D eigenvalue weighted by Crippen LogP contribution is -2.38. The van der Waals surface area contributed by atoms with Crippen LogP contribution in [0.2, 0.25) is 0 Å². The van der Waals surface area contributed by atoms with E-state index in [0.29, 0.717) is 12.0 Å². The number of amides is 1. The Balaban J connectivity index is 1.16. The third-order valence-corrected chi connectivity index (χ3v) is 7.27. The van der Waals surface area contributed by atoms with Gasteiger partial charge in [0.1, 0.15) is 5.75 Å². The molecule has 1 aliphatic carbocycles. The number of ether oxygens (including phenoxy) is 1. The molecular weight excluding hydrogens is 372 g/mol. The van der Waals surface area contributed by atoms with E-state index < -0.39 is 0 Å². The number of carbonyl (C=O) groups is 1. The fourth-order valence-electron chi connectivity index (χ4n) is 5.56. The van der Waals surface area contributed by atoms with E-state index in [4.69, 9.17) is 4.74 Å². The van der Waals surface area contributed by atoms with Crippen LogP contribution in [-0.2, 0) is 11.2 Å². The van der Waals surface area contributed by atoms with Crippen LogP contribution in [0.5, 0.6) is 5.75 Å². The standard InChI is InChI=1S/C26H38N2O2/c1-19(2)18-26(29)27-22-8-6-20(7-9-22)10-14-28-15-11-21(12-16-28)23-4-3-5-25-24(23)13-17-30-25/h3-5,18,20-22H,6-17H2,1-2H3,(H,27,29)/t20-,22-. The molecule has 2 fully saturated rings. The van der Waals surface area contributed by atoms with Gasteiger partial charge in [-0.2, -0.15) is 0 Å². The molecule has 0 unspecified atom stereocenters. The summed E-state index contributed by atoms with van der Waals surface area (Å²) in [6.45, 7) is 8.49. The summed E-state index contributed by atoms with van der Waals surface area (Å²) in [5, 5.41) is 3.18. The van der Waals surface area contributed by atoms with Crippen LogP contribution >= 0.6 is 0 Å². The number of nitrogens with zero attached hydrogens (tertiary/aromatic N) is 1. The molecule has 4 rings (SSSR count). The van der Waals surface area contributed by atoms with Gasteiger partial charge in [-0.05, 0) is 102 Å². The molecule has 4 heteroatoms. The van der Waals surface area contributed by atoms with Gasteiger partial charge in [-0.1, -0.05) is 17.7 Å². The molecule has 1 saturated carbocycles. The summed E-state index contributed by atoms with van der Waals surface area (Å²) in [4.78, 5) is 14.6. The summed E-state index contributed by atoms with van der Waals surface area (Å²) >= 11 is 0. The molecule has 30 heavy (non-hydrogen) atoms. The van der Waals surface area contributed by atoms with Gasteiger partial charge >= 0.3 is 0 Å². The number of likely N-dealkylation sites (tertiary alicyclic amines) is 1. The minimum Gasteiger partial charge on any atom is -0.493 e. The molecule has 0 spiro atoms. The minimum absolute atomic E-state index is 0.0805. The number of benzene rings is 1. The normalized spacial score (nSPS) is 24.7. The highest BCUT2D eigenvalue weighted by atomic mass is 16.5. The molecule has 0 aromatic heterocycles. The van der Waals surface area contributed by atoms with E-state index in [1.54, 1.807) is 11.6 Å². The minimum atomic E-state index is 0.0805. The average Bonchev–Trinajstić information content (AvgIpc) is 3.22. The SMILES string of the molecule is CC(C)=CC(=O)N[C@H]1CC[C@H](CCN2CCC(c3cccc4c3CCO4)CC2)CC1. The van der Waals surface area contributed by atoms with Crippen LogP contribution in [0.15, 0.2) is 29.8 Å². The van der Waals surface area contributed by atoms with Crippen molar-refractivity contribution in [2.24, 2.45) is 5.92 Å². The lowest BCUT2D eigenvalue weighted by Gasteiger charge is -2.35. The van der Waals surface area contributed by atoms with Crippen molar-refractivity contribution in [1.82, 2.24) is 10.2 Å². The van der Waals surface area contributed by atoms with Crippen molar-refractivity contribution in [3.63, 3.8) is 0 Å². The van der Waals surface area contributed by atoms with Crippen molar-refractivity contribution >= 4 is 5.91 Å². The topological polar surface area (TPSA) is 41.6 Å². The maximum atomic E-state index is 11.9. The predicted octanol–water partition coefficient (Wildman–Crippen LogP) is 4.83. The van der Waals surface area contributed by atoms with Gasteiger partial charge < -0.3 is 15.0 Å². The van der Waals surface area contributed by atoms with Crippen molar-refractivity contribution in [2.45, 2.75) is 77.2 Å². The van der Waals surface area contributed by atoms with E-state index in [-0.39, 0.29) is 5.91 Å². The Morgan fingerprint density at radius 2 is 1.90 bits per heavy atom. The molecule has 1 aromatic rings. The Morgan fingerprint density at radius 1 is 1.13 bits per heavy atom. The lowest BCUT2D eigenvalue weighted by atomic mass is 9.83. The van der Waals surface area contributed by atoms with Gasteiger partial charge in [-0.25, -0.2) is 0 Å². The Morgan fingerprint density at radius 3 is 2.63 bits per heavy atom. The van der Waals surface area contributed by atoms with E-state index in [2.05, 4.69) is 28.4 Å². The third kappa shape index (κ3) is 5.46. The highest BCUT2D eigenvalue weighted by Crippen LogP contribution is 2.37. The average molecular weight is 411 g/mol. The zero-order valence-corrected chi connectivity index (χ0v) is 18.8. The van der Waals surface area contributed by atoms with Crippen LogP contribution in [0.25, 0.3) is 0 Å². The molecule has 1 N–H and O–H groups in total. The third-order valence-electron chi connectivity index (χ3n) is 7.27. The lowest BCUT2D eigenvalue weighted by molar-refractivity contribution is -0.117. The van der Waals surface area contributed by atoms with Gasteiger partial charge in [0, 0.05) is 24.1 Å². The van der Waals surface area contributed by atoms with Gasteiger partial charge in [0.2, 0.25) is 5.91 Å². The number of hydrogen-bond acceptors (Lipinski definition) is 3. The second-order valence-electron chi connectivity index (χ2n) is 9.77. The molecule has 1 aromatic carbocycles. The zero-order chi connectivity index (χ0) is 20.9. The number of rotatable bonds is 6. The van der Waals surface area contributed by atoms with Crippen molar-refractivity contribution < 1.29 is 9.53 Å². The van der Waals surface area contributed by atoms with E-state index in [1.165, 1.54) is 57.3 Å². The molecule has 0 atom stereocenters.